The summed E-state index contributed by atoms with van der Waals surface area (Å²) in [5, 5.41) is 3.45. The van der Waals surface area contributed by atoms with Crippen LogP contribution >= 0.6 is 15.9 Å². The van der Waals surface area contributed by atoms with E-state index in [0.717, 1.165) is 6.54 Å². The lowest BCUT2D eigenvalue weighted by molar-refractivity contribution is 0.588. The second-order valence-electron chi connectivity index (χ2n) is 5.51. The molecule has 1 aromatic rings. The summed E-state index contributed by atoms with van der Waals surface area (Å²) < 4.78 is 1.22. The minimum Gasteiger partial charge on any atom is -0.368 e. The molecule has 1 unspecified atom stereocenters. The van der Waals surface area contributed by atoms with Crippen molar-refractivity contribution >= 4 is 21.6 Å². The Kier molecular flexibility index (Phi) is 4.68. The third-order valence-corrected chi connectivity index (χ3v) is 4.22. The first-order valence-corrected chi connectivity index (χ1v) is 7.65. The minimum absolute atomic E-state index is 0.530. The summed E-state index contributed by atoms with van der Waals surface area (Å²) in [5.41, 5.74) is 2.68. The van der Waals surface area contributed by atoms with E-state index < -0.39 is 0 Å². The Bertz CT molecular complexity index is 403. The van der Waals surface area contributed by atoms with Crippen molar-refractivity contribution < 1.29 is 0 Å². The van der Waals surface area contributed by atoms with E-state index >= 15 is 0 Å². The predicted molar refractivity (Wildman–Crippen MR) is 82.2 cm³/mol. The van der Waals surface area contributed by atoms with Gasteiger partial charge in [-0.2, -0.15) is 0 Å². The maximum atomic E-state index is 3.72. The van der Waals surface area contributed by atoms with Gasteiger partial charge >= 0.3 is 0 Å². The molecule has 100 valence electrons. The highest BCUT2D eigenvalue weighted by Crippen LogP contribution is 2.32. The molecule has 2 rings (SSSR count). The molecule has 0 spiro atoms. The maximum Gasteiger partial charge on any atom is 0.0513 e. The van der Waals surface area contributed by atoms with Crippen molar-refractivity contribution in [1.29, 1.82) is 0 Å². The fourth-order valence-corrected chi connectivity index (χ4v) is 3.16. The first kappa shape index (κ1) is 13.9. The summed E-state index contributed by atoms with van der Waals surface area (Å²) in [6.45, 7) is 8.79. The Hall–Kier alpha value is -0.540. The lowest BCUT2D eigenvalue weighted by Crippen LogP contribution is -2.26. The molecule has 0 saturated carbocycles. The molecule has 1 heterocycles. The van der Waals surface area contributed by atoms with E-state index in [1.165, 1.54) is 35.1 Å². The molecule has 18 heavy (non-hydrogen) atoms. The van der Waals surface area contributed by atoms with Gasteiger partial charge in [-0.05, 0) is 53.4 Å². The van der Waals surface area contributed by atoms with Crippen LogP contribution in [0, 0.1) is 0 Å². The van der Waals surface area contributed by atoms with Crippen molar-refractivity contribution in [3.63, 3.8) is 0 Å². The Balaban J connectivity index is 2.09. The SMILES string of the molecule is CC(C)NCc1ccc(N2CCCC2C)c(Br)c1. The topological polar surface area (TPSA) is 15.3 Å². The predicted octanol–water partition coefficient (Wildman–Crippen LogP) is 3.94. The number of rotatable bonds is 4. The van der Waals surface area contributed by atoms with Crippen molar-refractivity contribution in [2.45, 2.75) is 52.2 Å². The van der Waals surface area contributed by atoms with Gasteiger partial charge < -0.3 is 10.2 Å². The molecule has 1 atom stereocenters. The number of anilines is 1. The fraction of sp³-hybridized carbons (Fsp3) is 0.600. The Morgan fingerprint density at radius 1 is 1.44 bits per heavy atom. The van der Waals surface area contributed by atoms with Gasteiger partial charge in [-0.3, -0.25) is 0 Å². The minimum atomic E-state index is 0.530. The van der Waals surface area contributed by atoms with Crippen molar-refractivity contribution in [1.82, 2.24) is 5.32 Å². The van der Waals surface area contributed by atoms with Gasteiger partial charge in [0.1, 0.15) is 0 Å². The van der Waals surface area contributed by atoms with Gasteiger partial charge in [0, 0.05) is 29.6 Å². The van der Waals surface area contributed by atoms with Crippen LogP contribution in [-0.2, 0) is 6.54 Å². The van der Waals surface area contributed by atoms with E-state index in [0.29, 0.717) is 12.1 Å². The van der Waals surface area contributed by atoms with Gasteiger partial charge in [-0.25, -0.2) is 0 Å². The van der Waals surface area contributed by atoms with Gasteiger partial charge in [0.25, 0.3) is 0 Å². The summed E-state index contributed by atoms with van der Waals surface area (Å²) in [6.07, 6.45) is 2.62. The van der Waals surface area contributed by atoms with Crippen LogP contribution in [0.4, 0.5) is 5.69 Å². The van der Waals surface area contributed by atoms with E-state index in [9.17, 15) is 0 Å². The smallest absolute Gasteiger partial charge is 0.0513 e. The molecular formula is C15H23BrN2. The second kappa shape index (κ2) is 6.07. The van der Waals surface area contributed by atoms with Crippen LogP contribution in [0.25, 0.3) is 0 Å². The van der Waals surface area contributed by atoms with Crippen LogP contribution in [0.1, 0.15) is 39.2 Å². The summed E-state index contributed by atoms with van der Waals surface area (Å²) in [4.78, 5) is 2.50. The van der Waals surface area contributed by atoms with Gasteiger partial charge in [0.15, 0.2) is 0 Å². The molecule has 0 radical (unpaired) electrons. The van der Waals surface area contributed by atoms with Gasteiger partial charge in [-0.1, -0.05) is 19.9 Å². The molecule has 1 N–H and O–H groups in total. The summed E-state index contributed by atoms with van der Waals surface area (Å²) in [6, 6.07) is 7.93. The quantitative estimate of drug-likeness (QED) is 0.906. The number of nitrogens with zero attached hydrogens (tertiary/aromatic N) is 1. The summed E-state index contributed by atoms with van der Waals surface area (Å²) in [7, 11) is 0. The monoisotopic (exact) mass is 310 g/mol. The van der Waals surface area contributed by atoms with E-state index in [1.54, 1.807) is 0 Å². The number of halogens is 1. The van der Waals surface area contributed by atoms with E-state index in [2.05, 4.69) is 65.1 Å². The lowest BCUT2D eigenvalue weighted by Gasteiger charge is -2.25. The Morgan fingerprint density at radius 3 is 2.78 bits per heavy atom. The number of benzene rings is 1. The molecule has 0 aromatic heterocycles. The lowest BCUT2D eigenvalue weighted by atomic mass is 10.1. The summed E-state index contributed by atoms with van der Waals surface area (Å²) >= 11 is 3.72. The first-order chi connectivity index (χ1) is 8.58. The molecule has 1 aliphatic heterocycles. The largest absolute Gasteiger partial charge is 0.368 e. The summed E-state index contributed by atoms with van der Waals surface area (Å²) in [5.74, 6) is 0. The zero-order valence-electron chi connectivity index (χ0n) is 11.5. The van der Waals surface area contributed by atoms with Crippen molar-refractivity contribution in [2.75, 3.05) is 11.4 Å². The molecule has 2 nitrogen and oxygen atoms in total. The molecule has 0 bridgehead atoms. The Morgan fingerprint density at radius 2 is 2.22 bits per heavy atom. The second-order valence-corrected chi connectivity index (χ2v) is 6.36. The normalized spacial score (nSPS) is 19.8. The average Bonchev–Trinajstić information content (AvgIpc) is 2.73. The van der Waals surface area contributed by atoms with Crippen LogP contribution in [0.5, 0.6) is 0 Å². The van der Waals surface area contributed by atoms with Crippen molar-refractivity contribution in [2.24, 2.45) is 0 Å². The molecular weight excluding hydrogens is 288 g/mol. The number of hydrogen-bond donors (Lipinski definition) is 1. The molecule has 0 aliphatic carbocycles. The highest BCUT2D eigenvalue weighted by atomic mass is 79.9. The van der Waals surface area contributed by atoms with Crippen LogP contribution in [0.2, 0.25) is 0 Å². The zero-order valence-corrected chi connectivity index (χ0v) is 13.1. The van der Waals surface area contributed by atoms with Crippen LogP contribution in [0.3, 0.4) is 0 Å². The Labute approximate surface area is 119 Å². The molecule has 1 fully saturated rings. The molecule has 1 saturated heterocycles. The molecule has 1 aromatic carbocycles. The molecule has 1 aliphatic rings. The third kappa shape index (κ3) is 3.27. The highest BCUT2D eigenvalue weighted by Gasteiger charge is 2.22. The van der Waals surface area contributed by atoms with Crippen molar-refractivity contribution in [3.8, 4) is 0 Å². The van der Waals surface area contributed by atoms with E-state index in [4.69, 9.17) is 0 Å². The van der Waals surface area contributed by atoms with Crippen LogP contribution in [0.15, 0.2) is 22.7 Å². The number of nitrogens with one attached hydrogen (secondary N) is 1. The van der Waals surface area contributed by atoms with Crippen LogP contribution in [-0.4, -0.2) is 18.6 Å². The third-order valence-electron chi connectivity index (χ3n) is 3.59. The van der Waals surface area contributed by atoms with Gasteiger partial charge in [-0.15, -0.1) is 0 Å². The highest BCUT2D eigenvalue weighted by molar-refractivity contribution is 9.10. The molecule has 3 heteroatoms. The first-order valence-electron chi connectivity index (χ1n) is 6.86. The van der Waals surface area contributed by atoms with E-state index in [1.807, 2.05) is 0 Å². The standard InChI is InChI=1S/C15H23BrN2/c1-11(2)17-10-13-6-7-15(14(16)9-13)18-8-4-5-12(18)3/h6-7,9,11-12,17H,4-5,8,10H2,1-3H3. The van der Waals surface area contributed by atoms with E-state index in [-0.39, 0.29) is 0 Å². The van der Waals surface area contributed by atoms with Crippen molar-refractivity contribution in [3.05, 3.63) is 28.2 Å². The zero-order chi connectivity index (χ0) is 13.1. The maximum absolute atomic E-state index is 3.72. The van der Waals surface area contributed by atoms with Gasteiger partial charge in [0.2, 0.25) is 0 Å². The molecule has 0 amide bonds. The fourth-order valence-electron chi connectivity index (χ4n) is 2.51. The van der Waals surface area contributed by atoms with Gasteiger partial charge in [0.05, 0.1) is 5.69 Å². The van der Waals surface area contributed by atoms with Crippen LogP contribution < -0.4 is 10.2 Å². The average molecular weight is 311 g/mol. The number of hydrogen-bond acceptors (Lipinski definition) is 2.